The van der Waals surface area contributed by atoms with Gasteiger partial charge in [-0.05, 0) is 11.6 Å². The van der Waals surface area contributed by atoms with Crippen molar-refractivity contribution in [3.63, 3.8) is 0 Å². The fraction of sp³-hybridized carbons (Fsp3) is 0.455. The molecule has 0 atom stereocenters. The minimum absolute atomic E-state index is 0.160. The Morgan fingerprint density at radius 2 is 1.33 bits per heavy atom. The molecule has 1 radical (unpaired) electrons. The van der Waals surface area contributed by atoms with Crippen LogP contribution in [0.15, 0.2) is 24.3 Å². The predicted molar refractivity (Wildman–Crippen MR) is 50.7 cm³/mol. The molecule has 0 N–H and O–H groups in total. The Morgan fingerprint density at radius 1 is 0.810 bits per heavy atom. The van der Waals surface area contributed by atoms with Gasteiger partial charge in [-0.1, -0.05) is 18.2 Å². The molecule has 0 unspecified atom stereocenters. The summed E-state index contributed by atoms with van der Waals surface area (Å²) in [6.07, 6.45) is -6.87. The molecule has 0 spiro atoms. The lowest BCUT2D eigenvalue weighted by Crippen LogP contribution is -2.59. The van der Waals surface area contributed by atoms with Crippen LogP contribution in [0.25, 0.3) is 0 Å². The van der Waals surface area contributed by atoms with Crippen molar-refractivity contribution in [3.05, 3.63) is 35.4 Å². The molecule has 1 nitrogen and oxygen atoms in total. The Labute approximate surface area is 112 Å². The Hall–Kier alpha value is -1.45. The molecular weight excluding hydrogens is 319 g/mol. The standard InChI is InChI=1S/C11H6F9O/c12-8(13,7-3-1-2-6(4-7)5-21)9(14,15)10(16,17)11(18,19)20/h1-4H,5H2. The topological polar surface area (TPSA) is 19.9 Å². The van der Waals surface area contributed by atoms with Crippen LogP contribution in [0.3, 0.4) is 0 Å². The van der Waals surface area contributed by atoms with Crippen LogP contribution in [0.1, 0.15) is 11.1 Å². The van der Waals surface area contributed by atoms with E-state index < -0.39 is 41.7 Å². The highest BCUT2D eigenvalue weighted by molar-refractivity contribution is 5.29. The van der Waals surface area contributed by atoms with Crippen molar-refractivity contribution in [2.24, 2.45) is 0 Å². The zero-order valence-corrected chi connectivity index (χ0v) is 9.83. The second-order valence-corrected chi connectivity index (χ2v) is 4.07. The Kier molecular flexibility index (Phi) is 4.25. The molecule has 0 aliphatic carbocycles. The summed E-state index contributed by atoms with van der Waals surface area (Å²) in [6, 6.07) is 2.01. The van der Waals surface area contributed by atoms with Gasteiger partial charge in [0.05, 0.1) is 0 Å². The first-order chi connectivity index (χ1) is 9.29. The summed E-state index contributed by atoms with van der Waals surface area (Å²) < 4.78 is 114. The fourth-order valence-electron chi connectivity index (χ4n) is 1.41. The lowest BCUT2D eigenvalue weighted by atomic mass is 9.95. The summed E-state index contributed by atoms with van der Waals surface area (Å²) in [5.74, 6) is -19.5. The van der Waals surface area contributed by atoms with Crippen LogP contribution in [0.4, 0.5) is 39.5 Å². The maximum absolute atomic E-state index is 13.4. The van der Waals surface area contributed by atoms with E-state index in [1.807, 2.05) is 0 Å². The minimum Gasteiger partial charge on any atom is -0.232 e. The summed E-state index contributed by atoms with van der Waals surface area (Å²) in [5.41, 5.74) is -2.26. The van der Waals surface area contributed by atoms with Crippen LogP contribution in [0.5, 0.6) is 0 Å². The van der Waals surface area contributed by atoms with Gasteiger partial charge < -0.3 is 0 Å². The van der Waals surface area contributed by atoms with E-state index in [0.29, 0.717) is 6.07 Å². The fourth-order valence-corrected chi connectivity index (χ4v) is 1.41. The van der Waals surface area contributed by atoms with E-state index in [-0.39, 0.29) is 12.1 Å². The second kappa shape index (κ2) is 5.08. The van der Waals surface area contributed by atoms with E-state index in [9.17, 15) is 44.6 Å². The van der Waals surface area contributed by atoms with Crippen LogP contribution in [-0.2, 0) is 17.6 Å². The van der Waals surface area contributed by atoms with E-state index in [0.717, 1.165) is 6.07 Å². The summed E-state index contributed by atoms with van der Waals surface area (Å²) in [5, 5.41) is 10.5. The van der Waals surface area contributed by atoms with E-state index >= 15 is 0 Å². The van der Waals surface area contributed by atoms with Crippen LogP contribution >= 0.6 is 0 Å². The molecule has 1 aromatic rings. The van der Waals surface area contributed by atoms with Crippen LogP contribution in [-0.4, -0.2) is 18.0 Å². The van der Waals surface area contributed by atoms with Gasteiger partial charge in [0, 0.05) is 5.56 Å². The van der Waals surface area contributed by atoms with Gasteiger partial charge in [0.1, 0.15) is 6.61 Å². The number of halogens is 9. The molecule has 0 aromatic heterocycles. The van der Waals surface area contributed by atoms with Crippen molar-refractivity contribution in [1.82, 2.24) is 0 Å². The molecule has 0 amide bonds. The second-order valence-electron chi connectivity index (χ2n) is 4.07. The molecule has 0 aliphatic rings. The minimum atomic E-state index is -6.95. The quantitative estimate of drug-likeness (QED) is 0.724. The van der Waals surface area contributed by atoms with E-state index in [1.54, 1.807) is 0 Å². The summed E-state index contributed by atoms with van der Waals surface area (Å²) >= 11 is 0. The van der Waals surface area contributed by atoms with Gasteiger partial charge in [0.2, 0.25) is 0 Å². The van der Waals surface area contributed by atoms with E-state index in [1.165, 1.54) is 0 Å². The van der Waals surface area contributed by atoms with Gasteiger partial charge in [-0.3, -0.25) is 0 Å². The zero-order valence-electron chi connectivity index (χ0n) is 9.83. The third-order valence-corrected chi connectivity index (χ3v) is 2.60. The normalized spacial score (nSPS) is 14.4. The summed E-state index contributed by atoms with van der Waals surface area (Å²) in [7, 11) is 0. The summed E-state index contributed by atoms with van der Waals surface area (Å²) in [4.78, 5) is 0. The average molecular weight is 325 g/mol. The first kappa shape index (κ1) is 17.6. The first-order valence-electron chi connectivity index (χ1n) is 5.16. The molecule has 0 heterocycles. The first-order valence-corrected chi connectivity index (χ1v) is 5.16. The highest BCUT2D eigenvalue weighted by Gasteiger charge is 2.81. The molecule has 21 heavy (non-hydrogen) atoms. The van der Waals surface area contributed by atoms with Crippen molar-refractivity contribution in [2.75, 3.05) is 0 Å². The van der Waals surface area contributed by atoms with Crippen molar-refractivity contribution < 1.29 is 44.6 Å². The molecule has 0 saturated heterocycles. The molecule has 0 saturated carbocycles. The van der Waals surface area contributed by atoms with Crippen molar-refractivity contribution >= 4 is 0 Å². The van der Waals surface area contributed by atoms with E-state index in [4.69, 9.17) is 0 Å². The highest BCUT2D eigenvalue weighted by atomic mass is 19.4. The SMILES string of the molecule is [O]Cc1cccc(C(F)(F)C(F)(F)C(F)(F)C(F)(F)F)c1. The largest absolute Gasteiger partial charge is 0.460 e. The molecular formula is C11H6F9O. The Balaban J connectivity index is 3.39. The van der Waals surface area contributed by atoms with Gasteiger partial charge in [0.25, 0.3) is 0 Å². The number of benzene rings is 1. The van der Waals surface area contributed by atoms with Gasteiger partial charge in [-0.25, -0.2) is 5.11 Å². The lowest BCUT2D eigenvalue weighted by Gasteiger charge is -2.33. The molecule has 1 rings (SSSR count). The predicted octanol–water partition coefficient (Wildman–Crippen LogP) is 4.54. The van der Waals surface area contributed by atoms with Gasteiger partial charge in [-0.15, -0.1) is 0 Å². The van der Waals surface area contributed by atoms with Gasteiger partial charge in [-0.2, -0.15) is 39.5 Å². The number of rotatable bonds is 4. The van der Waals surface area contributed by atoms with Gasteiger partial charge in [0.15, 0.2) is 0 Å². The maximum Gasteiger partial charge on any atom is 0.460 e. The van der Waals surface area contributed by atoms with Crippen LogP contribution in [0, 0.1) is 0 Å². The van der Waals surface area contributed by atoms with Crippen molar-refractivity contribution in [2.45, 2.75) is 30.6 Å². The smallest absolute Gasteiger partial charge is 0.232 e. The van der Waals surface area contributed by atoms with Crippen LogP contribution in [0.2, 0.25) is 0 Å². The molecule has 0 aliphatic heterocycles. The third-order valence-electron chi connectivity index (χ3n) is 2.60. The lowest BCUT2D eigenvalue weighted by molar-refractivity contribution is -0.399. The molecule has 0 bridgehead atoms. The number of hydrogen-bond acceptors (Lipinski definition) is 0. The highest BCUT2D eigenvalue weighted by Crippen LogP contribution is 2.56. The van der Waals surface area contributed by atoms with E-state index in [2.05, 4.69) is 0 Å². The monoisotopic (exact) mass is 325 g/mol. The molecule has 119 valence electrons. The van der Waals surface area contributed by atoms with Crippen molar-refractivity contribution in [3.8, 4) is 0 Å². The number of alkyl halides is 9. The number of hydrogen-bond donors (Lipinski definition) is 0. The molecule has 0 fully saturated rings. The summed E-state index contributed by atoms with van der Waals surface area (Å²) in [6.45, 7) is -1.13. The zero-order chi connectivity index (χ0) is 16.7. The molecule has 1 aromatic carbocycles. The Morgan fingerprint density at radius 3 is 1.76 bits per heavy atom. The van der Waals surface area contributed by atoms with Gasteiger partial charge >= 0.3 is 23.9 Å². The van der Waals surface area contributed by atoms with Crippen molar-refractivity contribution in [1.29, 1.82) is 0 Å². The van der Waals surface area contributed by atoms with Crippen LogP contribution < -0.4 is 0 Å². The maximum atomic E-state index is 13.4. The average Bonchev–Trinajstić information content (AvgIpc) is 2.37. The molecule has 10 heteroatoms. The third kappa shape index (κ3) is 2.68. The Bertz CT molecular complexity index is 507.